The lowest BCUT2D eigenvalue weighted by molar-refractivity contribution is -0.139. The first-order valence-corrected chi connectivity index (χ1v) is 10.3. The van der Waals surface area contributed by atoms with Crippen LogP contribution in [-0.4, -0.2) is 23.0 Å². The van der Waals surface area contributed by atoms with Gasteiger partial charge in [0, 0.05) is 30.8 Å². The predicted molar refractivity (Wildman–Crippen MR) is 112 cm³/mol. The van der Waals surface area contributed by atoms with Crippen molar-refractivity contribution in [2.75, 3.05) is 7.11 Å². The molecule has 0 radical (unpaired) electrons. The fourth-order valence-corrected chi connectivity index (χ4v) is 4.28. The van der Waals surface area contributed by atoms with Crippen LogP contribution in [0.1, 0.15) is 27.4 Å². The molecule has 0 saturated carbocycles. The molecule has 2 heterocycles. The number of hydrogen-bond donors (Lipinski definition) is 0. The number of nitrogens with zero attached hydrogens (tertiary/aromatic N) is 2. The highest BCUT2D eigenvalue weighted by Gasteiger charge is 2.19. The van der Waals surface area contributed by atoms with Crippen molar-refractivity contribution in [1.29, 1.82) is 0 Å². The van der Waals surface area contributed by atoms with Crippen molar-refractivity contribution in [3.8, 4) is 0 Å². The van der Waals surface area contributed by atoms with Gasteiger partial charge in [0.2, 0.25) is 0 Å². The van der Waals surface area contributed by atoms with E-state index in [2.05, 4.69) is 9.97 Å². The summed E-state index contributed by atoms with van der Waals surface area (Å²) < 4.78 is 46.4. The molecule has 158 valence electrons. The number of esters is 1. The molecule has 4 rings (SSSR count). The number of aromatic nitrogens is 2. The van der Waals surface area contributed by atoms with Crippen molar-refractivity contribution in [3.63, 3.8) is 0 Å². The number of hydrogen-bond acceptors (Lipinski definition) is 5. The van der Waals surface area contributed by atoms with E-state index in [4.69, 9.17) is 4.74 Å². The number of rotatable bonds is 6. The summed E-state index contributed by atoms with van der Waals surface area (Å²) in [5.41, 5.74) is 2.90. The molecule has 0 aliphatic carbocycles. The van der Waals surface area contributed by atoms with E-state index in [1.54, 1.807) is 6.20 Å². The number of ether oxygens (including phenoxy) is 1. The number of benzene rings is 2. The van der Waals surface area contributed by atoms with Crippen LogP contribution in [0.4, 0.5) is 13.2 Å². The number of thiazole rings is 1. The lowest BCUT2D eigenvalue weighted by atomic mass is 10.0. The third-order valence-corrected chi connectivity index (χ3v) is 5.87. The highest BCUT2D eigenvalue weighted by atomic mass is 32.1. The second kappa shape index (κ2) is 8.85. The zero-order valence-electron chi connectivity index (χ0n) is 16.5. The lowest BCUT2D eigenvalue weighted by Gasteiger charge is -2.10. The second-order valence-corrected chi connectivity index (χ2v) is 8.06. The molecule has 0 bridgehead atoms. The van der Waals surface area contributed by atoms with Crippen LogP contribution in [0.2, 0.25) is 0 Å². The first-order chi connectivity index (χ1) is 14.9. The van der Waals surface area contributed by atoms with Crippen LogP contribution in [0.15, 0.2) is 48.7 Å². The third kappa shape index (κ3) is 4.59. The van der Waals surface area contributed by atoms with Gasteiger partial charge < -0.3 is 4.74 Å². The van der Waals surface area contributed by atoms with E-state index in [0.717, 1.165) is 28.2 Å². The summed E-state index contributed by atoms with van der Waals surface area (Å²) >= 11 is 0.969. The molecular weight excluding hydrogens is 425 g/mol. The summed E-state index contributed by atoms with van der Waals surface area (Å²) in [6.45, 7) is 0. The Morgan fingerprint density at radius 2 is 1.81 bits per heavy atom. The van der Waals surface area contributed by atoms with Crippen LogP contribution < -0.4 is 0 Å². The van der Waals surface area contributed by atoms with E-state index >= 15 is 0 Å². The van der Waals surface area contributed by atoms with E-state index < -0.39 is 23.4 Å². The number of fused-ring (bicyclic) bond motifs is 1. The number of pyridine rings is 1. The number of halogens is 3. The van der Waals surface area contributed by atoms with Gasteiger partial charge in [0.25, 0.3) is 0 Å². The molecule has 4 aromatic rings. The highest BCUT2D eigenvalue weighted by Crippen LogP contribution is 2.30. The number of methoxy groups -OCH3 is 1. The van der Waals surface area contributed by atoms with Crippen molar-refractivity contribution in [2.45, 2.75) is 19.3 Å². The molecule has 0 N–H and O–H groups in total. The first-order valence-electron chi connectivity index (χ1n) is 9.45. The fraction of sp³-hybridized carbons (Fsp3) is 0.174. The number of carbonyl (C=O) groups is 1. The van der Waals surface area contributed by atoms with E-state index in [0.29, 0.717) is 23.1 Å². The molecule has 0 amide bonds. The Kier molecular flexibility index (Phi) is 5.99. The quantitative estimate of drug-likeness (QED) is 0.311. The summed E-state index contributed by atoms with van der Waals surface area (Å²) in [6, 6.07) is 12.1. The lowest BCUT2D eigenvalue weighted by Crippen LogP contribution is -2.07. The van der Waals surface area contributed by atoms with E-state index in [1.165, 1.54) is 7.11 Å². The van der Waals surface area contributed by atoms with E-state index in [-0.39, 0.29) is 23.1 Å². The predicted octanol–water partition coefficient (Wildman–Crippen LogP) is 5.01. The Hall–Kier alpha value is -3.26. The molecule has 0 unspecified atom stereocenters. The third-order valence-electron chi connectivity index (χ3n) is 4.81. The molecule has 0 saturated heterocycles. The molecule has 0 fully saturated rings. The van der Waals surface area contributed by atoms with Crippen LogP contribution in [-0.2, 0) is 28.8 Å². The smallest absolute Gasteiger partial charge is 0.310 e. The van der Waals surface area contributed by atoms with Crippen molar-refractivity contribution in [3.05, 3.63) is 93.5 Å². The van der Waals surface area contributed by atoms with Gasteiger partial charge in [-0.15, -0.1) is 11.3 Å². The van der Waals surface area contributed by atoms with Gasteiger partial charge in [-0.05, 0) is 16.7 Å². The summed E-state index contributed by atoms with van der Waals surface area (Å²) in [5.74, 6) is -3.68. The minimum absolute atomic E-state index is 0.0304. The summed E-state index contributed by atoms with van der Waals surface area (Å²) in [4.78, 5) is 20.3. The molecule has 0 spiro atoms. The van der Waals surface area contributed by atoms with Gasteiger partial charge in [-0.1, -0.05) is 36.4 Å². The van der Waals surface area contributed by atoms with Gasteiger partial charge in [-0.2, -0.15) is 0 Å². The Balaban J connectivity index is 1.73. The Bertz CT molecular complexity index is 1260. The average Bonchev–Trinajstić information content (AvgIpc) is 3.19. The Labute approximate surface area is 180 Å². The molecule has 0 aliphatic rings. The van der Waals surface area contributed by atoms with Gasteiger partial charge in [0.1, 0.15) is 11.3 Å². The average molecular weight is 442 g/mol. The Morgan fingerprint density at radius 1 is 1.03 bits per heavy atom. The largest absolute Gasteiger partial charge is 0.469 e. The Morgan fingerprint density at radius 3 is 2.55 bits per heavy atom. The van der Waals surface area contributed by atoms with Crippen molar-refractivity contribution in [2.24, 2.45) is 0 Å². The van der Waals surface area contributed by atoms with Crippen LogP contribution in [0.3, 0.4) is 0 Å². The normalized spacial score (nSPS) is 11.1. The molecule has 2 aromatic heterocycles. The summed E-state index contributed by atoms with van der Waals surface area (Å²) in [5, 5.41) is 0.421. The van der Waals surface area contributed by atoms with Crippen molar-refractivity contribution in [1.82, 2.24) is 9.97 Å². The molecule has 0 aliphatic heterocycles. The molecule has 31 heavy (non-hydrogen) atoms. The standard InChI is InChI=1S/C23H17F3N2O2S/c1-30-20(29)9-14-7-15(18(27-12-14)8-13-5-3-2-4-6-13)10-19-28-22-21(26)16(24)11-17(25)23(22)31-19/h2-7,11-12H,8-10H2,1H3. The second-order valence-electron chi connectivity index (χ2n) is 6.98. The molecule has 4 nitrogen and oxygen atoms in total. The summed E-state index contributed by atoms with van der Waals surface area (Å²) in [7, 11) is 1.31. The van der Waals surface area contributed by atoms with Gasteiger partial charge in [-0.3, -0.25) is 9.78 Å². The van der Waals surface area contributed by atoms with Crippen molar-refractivity contribution >= 4 is 27.5 Å². The van der Waals surface area contributed by atoms with Crippen LogP contribution in [0, 0.1) is 17.5 Å². The van der Waals surface area contributed by atoms with E-state index in [1.807, 2.05) is 36.4 Å². The molecule has 8 heteroatoms. The minimum Gasteiger partial charge on any atom is -0.469 e. The fourth-order valence-electron chi connectivity index (χ4n) is 3.29. The monoisotopic (exact) mass is 442 g/mol. The maximum absolute atomic E-state index is 14.1. The van der Waals surface area contributed by atoms with Crippen LogP contribution in [0.5, 0.6) is 0 Å². The van der Waals surface area contributed by atoms with Crippen molar-refractivity contribution < 1.29 is 22.7 Å². The van der Waals surface area contributed by atoms with E-state index in [9.17, 15) is 18.0 Å². The maximum Gasteiger partial charge on any atom is 0.310 e. The van der Waals surface area contributed by atoms with Crippen LogP contribution in [0.25, 0.3) is 10.2 Å². The minimum atomic E-state index is -1.27. The first kappa shape index (κ1) is 21.0. The molecular formula is C23H17F3N2O2S. The molecule has 0 atom stereocenters. The van der Waals surface area contributed by atoms with Gasteiger partial charge in [-0.25, -0.2) is 18.2 Å². The number of carbonyl (C=O) groups excluding carboxylic acids is 1. The highest BCUT2D eigenvalue weighted by molar-refractivity contribution is 7.18. The zero-order valence-corrected chi connectivity index (χ0v) is 17.3. The zero-order chi connectivity index (χ0) is 22.0. The van der Waals surface area contributed by atoms with Gasteiger partial charge in [0.15, 0.2) is 11.6 Å². The van der Waals surface area contributed by atoms with Gasteiger partial charge >= 0.3 is 5.97 Å². The molecule has 2 aromatic carbocycles. The topological polar surface area (TPSA) is 52.1 Å². The summed E-state index contributed by atoms with van der Waals surface area (Å²) in [6.07, 6.45) is 2.45. The van der Waals surface area contributed by atoms with Gasteiger partial charge in [0.05, 0.1) is 23.2 Å². The maximum atomic E-state index is 14.1. The van der Waals surface area contributed by atoms with Crippen LogP contribution >= 0.6 is 11.3 Å². The SMILES string of the molecule is COC(=O)Cc1cnc(Cc2ccccc2)c(Cc2nc3c(F)c(F)cc(F)c3s2)c1.